The first-order valence-electron chi connectivity index (χ1n) is 2.59. The summed E-state index contributed by atoms with van der Waals surface area (Å²) in [5.74, 6) is 0. The molecule has 0 aromatic carbocycles. The third-order valence-electron chi connectivity index (χ3n) is 1.01. The fourth-order valence-corrected chi connectivity index (χ4v) is 2.45. The van der Waals surface area contributed by atoms with Gasteiger partial charge in [-0.1, -0.05) is 27.5 Å². The third-order valence-corrected chi connectivity index (χ3v) is 3.31. The molecular weight excluding hydrogens is 219 g/mol. The lowest BCUT2D eigenvalue weighted by Crippen LogP contribution is -1.74. The van der Waals surface area contributed by atoms with Crippen LogP contribution in [0.1, 0.15) is 16.6 Å². The van der Waals surface area contributed by atoms with E-state index < -0.39 is 0 Å². The highest BCUT2D eigenvalue weighted by molar-refractivity contribution is 9.09. The number of hydrogen-bond acceptors (Lipinski definition) is 1. The lowest BCUT2D eigenvalue weighted by Gasteiger charge is -1.96. The molecule has 0 saturated carbocycles. The van der Waals surface area contributed by atoms with E-state index in [1.807, 2.05) is 11.4 Å². The van der Waals surface area contributed by atoms with Crippen LogP contribution < -0.4 is 0 Å². The summed E-state index contributed by atoms with van der Waals surface area (Å²) in [6.07, 6.45) is 0. The lowest BCUT2D eigenvalue weighted by molar-refractivity contribution is 1.17. The van der Waals surface area contributed by atoms with Gasteiger partial charge in [0.1, 0.15) is 0 Å². The first-order chi connectivity index (χ1) is 4.22. The van der Waals surface area contributed by atoms with Crippen LogP contribution in [0.15, 0.2) is 11.4 Å². The van der Waals surface area contributed by atoms with E-state index >= 15 is 0 Å². The van der Waals surface area contributed by atoms with Crippen molar-refractivity contribution in [3.05, 3.63) is 21.3 Å². The molecular formula is C6H6BrClS. The molecule has 0 aliphatic heterocycles. The molecule has 3 heteroatoms. The summed E-state index contributed by atoms with van der Waals surface area (Å²) in [4.78, 5) is 1.58. The van der Waals surface area contributed by atoms with Gasteiger partial charge >= 0.3 is 0 Å². The molecule has 0 spiro atoms. The van der Waals surface area contributed by atoms with Gasteiger partial charge in [-0.3, -0.25) is 0 Å². The summed E-state index contributed by atoms with van der Waals surface area (Å²) in [6.45, 7) is 2.07. The standard InChI is InChI=1S/C6H6BrClS/c1-4(7)6-5(8)2-3-9-6/h2-4H,1H3. The van der Waals surface area contributed by atoms with Crippen LogP contribution in [0.3, 0.4) is 0 Å². The predicted octanol–water partition coefficient (Wildman–Crippen LogP) is 3.86. The van der Waals surface area contributed by atoms with E-state index in [1.165, 1.54) is 4.88 Å². The molecule has 1 atom stereocenters. The van der Waals surface area contributed by atoms with Gasteiger partial charge in [-0.15, -0.1) is 11.3 Å². The minimum absolute atomic E-state index is 0.380. The molecule has 50 valence electrons. The molecule has 0 fully saturated rings. The molecule has 0 radical (unpaired) electrons. The molecule has 0 aliphatic carbocycles. The van der Waals surface area contributed by atoms with E-state index in [2.05, 4.69) is 22.9 Å². The number of thiophene rings is 1. The lowest BCUT2D eigenvalue weighted by atomic mass is 10.4. The van der Waals surface area contributed by atoms with Crippen molar-refractivity contribution in [3.8, 4) is 0 Å². The first kappa shape index (κ1) is 7.58. The fourth-order valence-electron chi connectivity index (χ4n) is 0.589. The summed E-state index contributed by atoms with van der Waals surface area (Å²) in [6, 6.07) is 1.92. The first-order valence-corrected chi connectivity index (χ1v) is 4.76. The largest absolute Gasteiger partial charge is 0.146 e. The zero-order chi connectivity index (χ0) is 6.85. The van der Waals surface area contributed by atoms with E-state index in [4.69, 9.17) is 11.6 Å². The molecule has 0 saturated heterocycles. The third kappa shape index (κ3) is 1.69. The zero-order valence-electron chi connectivity index (χ0n) is 4.90. The highest BCUT2D eigenvalue weighted by atomic mass is 79.9. The van der Waals surface area contributed by atoms with Crippen LogP contribution in [0.5, 0.6) is 0 Å². The van der Waals surface area contributed by atoms with Crippen LogP contribution in [0, 0.1) is 0 Å². The monoisotopic (exact) mass is 224 g/mol. The minimum atomic E-state index is 0.380. The second-order valence-corrected chi connectivity index (χ2v) is 4.48. The molecule has 0 N–H and O–H groups in total. The Hall–Kier alpha value is 0.470. The number of hydrogen-bond donors (Lipinski definition) is 0. The van der Waals surface area contributed by atoms with Crippen LogP contribution in [0.2, 0.25) is 5.02 Å². The van der Waals surface area contributed by atoms with Gasteiger partial charge < -0.3 is 0 Å². The van der Waals surface area contributed by atoms with Gasteiger partial charge in [0.05, 0.1) is 5.02 Å². The Morgan fingerprint density at radius 2 is 2.44 bits per heavy atom. The average molecular weight is 226 g/mol. The van der Waals surface area contributed by atoms with Crippen molar-refractivity contribution in [3.63, 3.8) is 0 Å². The molecule has 1 unspecified atom stereocenters. The van der Waals surface area contributed by atoms with Crippen molar-refractivity contribution in [1.82, 2.24) is 0 Å². The highest BCUT2D eigenvalue weighted by Gasteiger charge is 2.05. The Balaban J connectivity index is 2.94. The zero-order valence-corrected chi connectivity index (χ0v) is 8.05. The maximum absolute atomic E-state index is 5.82. The number of rotatable bonds is 1. The van der Waals surface area contributed by atoms with Crippen molar-refractivity contribution >= 4 is 38.9 Å². The maximum atomic E-state index is 5.82. The van der Waals surface area contributed by atoms with Crippen molar-refractivity contribution < 1.29 is 0 Å². The molecule has 1 rings (SSSR count). The van der Waals surface area contributed by atoms with Crippen LogP contribution in [0.4, 0.5) is 0 Å². The second kappa shape index (κ2) is 3.04. The van der Waals surface area contributed by atoms with Gasteiger partial charge in [0, 0.05) is 9.70 Å². The van der Waals surface area contributed by atoms with Crippen molar-refractivity contribution in [2.75, 3.05) is 0 Å². The second-order valence-electron chi connectivity index (χ2n) is 1.75. The van der Waals surface area contributed by atoms with Crippen molar-refractivity contribution in [2.24, 2.45) is 0 Å². The normalized spacial score (nSPS) is 13.7. The number of alkyl halides is 1. The summed E-state index contributed by atoms with van der Waals surface area (Å²) >= 11 is 10.9. The van der Waals surface area contributed by atoms with Crippen LogP contribution in [0.25, 0.3) is 0 Å². The van der Waals surface area contributed by atoms with Crippen molar-refractivity contribution in [1.29, 1.82) is 0 Å². The summed E-state index contributed by atoms with van der Waals surface area (Å²) in [5, 5.41) is 2.86. The summed E-state index contributed by atoms with van der Waals surface area (Å²) in [5.41, 5.74) is 0. The predicted molar refractivity (Wildman–Crippen MR) is 46.7 cm³/mol. The van der Waals surface area contributed by atoms with Gasteiger partial charge in [0.15, 0.2) is 0 Å². The molecule has 0 nitrogen and oxygen atoms in total. The Labute approximate surface area is 72.0 Å². The Morgan fingerprint density at radius 3 is 2.67 bits per heavy atom. The molecule has 9 heavy (non-hydrogen) atoms. The Bertz CT molecular complexity index is 195. The molecule has 0 amide bonds. The summed E-state index contributed by atoms with van der Waals surface area (Å²) < 4.78 is 0. The van der Waals surface area contributed by atoms with Crippen LogP contribution in [-0.4, -0.2) is 0 Å². The fraction of sp³-hybridized carbons (Fsp3) is 0.333. The Kier molecular flexibility index (Phi) is 2.56. The SMILES string of the molecule is CC(Br)c1sccc1Cl. The van der Waals surface area contributed by atoms with Gasteiger partial charge in [0.2, 0.25) is 0 Å². The summed E-state index contributed by atoms with van der Waals surface area (Å²) in [7, 11) is 0. The highest BCUT2D eigenvalue weighted by Crippen LogP contribution is 2.32. The van der Waals surface area contributed by atoms with E-state index in [-0.39, 0.29) is 0 Å². The quantitative estimate of drug-likeness (QED) is 0.637. The molecule has 1 heterocycles. The van der Waals surface area contributed by atoms with E-state index in [0.717, 1.165) is 5.02 Å². The molecule has 1 aromatic heterocycles. The van der Waals surface area contributed by atoms with Crippen LogP contribution >= 0.6 is 38.9 Å². The molecule has 0 bridgehead atoms. The van der Waals surface area contributed by atoms with Gasteiger partial charge in [-0.05, 0) is 18.4 Å². The van der Waals surface area contributed by atoms with Gasteiger partial charge in [0.25, 0.3) is 0 Å². The molecule has 1 aromatic rings. The van der Waals surface area contributed by atoms with E-state index in [9.17, 15) is 0 Å². The Morgan fingerprint density at radius 1 is 1.78 bits per heavy atom. The smallest absolute Gasteiger partial charge is 0.0556 e. The van der Waals surface area contributed by atoms with E-state index in [0.29, 0.717) is 4.83 Å². The average Bonchev–Trinajstić information content (AvgIpc) is 2.13. The van der Waals surface area contributed by atoms with E-state index in [1.54, 1.807) is 11.3 Å². The van der Waals surface area contributed by atoms with Crippen molar-refractivity contribution in [2.45, 2.75) is 11.8 Å². The minimum Gasteiger partial charge on any atom is -0.146 e. The number of halogens is 2. The van der Waals surface area contributed by atoms with Gasteiger partial charge in [-0.25, -0.2) is 0 Å². The molecule has 0 aliphatic rings. The topological polar surface area (TPSA) is 0 Å². The maximum Gasteiger partial charge on any atom is 0.0556 e. The van der Waals surface area contributed by atoms with Gasteiger partial charge in [-0.2, -0.15) is 0 Å². The van der Waals surface area contributed by atoms with Crippen LogP contribution in [-0.2, 0) is 0 Å².